The summed E-state index contributed by atoms with van der Waals surface area (Å²) in [5.41, 5.74) is 7.77. The molecule has 0 bridgehead atoms. The van der Waals surface area contributed by atoms with Crippen LogP contribution in [0.25, 0.3) is 0 Å². The molecular formula is C16H20IN3O2. The van der Waals surface area contributed by atoms with Crippen molar-refractivity contribution in [3.63, 3.8) is 0 Å². The third kappa shape index (κ3) is 5.44. The topological polar surface area (TPSA) is 68.9 Å². The van der Waals surface area contributed by atoms with Gasteiger partial charge in [-0.15, -0.1) is 24.0 Å². The van der Waals surface area contributed by atoms with E-state index < -0.39 is 0 Å². The maximum absolute atomic E-state index is 5.87. The number of aliphatic imine (C=N–C) groups is 1. The predicted molar refractivity (Wildman–Crippen MR) is 100 cm³/mol. The summed E-state index contributed by atoms with van der Waals surface area (Å²) in [6.45, 7) is 0.492. The molecule has 0 heterocycles. The highest BCUT2D eigenvalue weighted by Crippen LogP contribution is 2.15. The lowest BCUT2D eigenvalue weighted by Crippen LogP contribution is -2.22. The highest BCUT2D eigenvalue weighted by molar-refractivity contribution is 14.0. The van der Waals surface area contributed by atoms with Crippen LogP contribution in [0, 0.1) is 0 Å². The largest absolute Gasteiger partial charge is 0.497 e. The van der Waals surface area contributed by atoms with Gasteiger partial charge in [-0.3, -0.25) is 0 Å². The van der Waals surface area contributed by atoms with Gasteiger partial charge in [0, 0.05) is 5.69 Å². The Hall–Kier alpha value is -1.96. The molecule has 0 amide bonds. The lowest BCUT2D eigenvalue weighted by atomic mass is 10.2. The van der Waals surface area contributed by atoms with Crippen LogP contribution in [0.5, 0.6) is 11.5 Å². The maximum atomic E-state index is 5.87. The summed E-state index contributed by atoms with van der Waals surface area (Å²) in [6, 6.07) is 15.2. The Morgan fingerprint density at radius 2 is 1.73 bits per heavy atom. The van der Waals surface area contributed by atoms with E-state index in [-0.39, 0.29) is 24.0 Å². The van der Waals surface area contributed by atoms with Gasteiger partial charge in [0.05, 0.1) is 20.8 Å². The molecule has 0 aromatic heterocycles. The fraction of sp³-hybridized carbons (Fsp3) is 0.188. The van der Waals surface area contributed by atoms with Gasteiger partial charge in [-0.2, -0.15) is 0 Å². The van der Waals surface area contributed by atoms with E-state index >= 15 is 0 Å². The number of nitrogens with two attached hydrogens (primary N) is 1. The number of nitrogens with one attached hydrogen (secondary N) is 1. The molecule has 0 aliphatic carbocycles. The van der Waals surface area contributed by atoms with Crippen molar-refractivity contribution in [1.29, 1.82) is 0 Å². The Bertz CT molecular complexity index is 615. The molecule has 5 nitrogen and oxygen atoms in total. The summed E-state index contributed by atoms with van der Waals surface area (Å²) in [6.07, 6.45) is 0. The number of benzene rings is 2. The quantitative estimate of drug-likeness (QED) is 0.449. The molecule has 0 fully saturated rings. The first-order valence-electron chi connectivity index (χ1n) is 6.55. The average molecular weight is 413 g/mol. The second-order valence-corrected chi connectivity index (χ2v) is 4.41. The van der Waals surface area contributed by atoms with Gasteiger partial charge in [0.1, 0.15) is 11.5 Å². The van der Waals surface area contributed by atoms with Crippen molar-refractivity contribution in [2.24, 2.45) is 10.7 Å². The zero-order chi connectivity index (χ0) is 15.1. The van der Waals surface area contributed by atoms with Gasteiger partial charge in [0.15, 0.2) is 5.96 Å². The van der Waals surface area contributed by atoms with E-state index in [1.165, 1.54) is 0 Å². The molecule has 0 saturated carbocycles. The second kappa shape index (κ2) is 9.14. The highest BCUT2D eigenvalue weighted by Gasteiger charge is 1.98. The third-order valence-electron chi connectivity index (χ3n) is 2.93. The predicted octanol–water partition coefficient (Wildman–Crippen LogP) is 3.25. The monoisotopic (exact) mass is 413 g/mol. The van der Waals surface area contributed by atoms with Crippen molar-refractivity contribution in [3.8, 4) is 11.5 Å². The number of rotatable bonds is 5. The minimum Gasteiger partial charge on any atom is -0.497 e. The van der Waals surface area contributed by atoms with Crippen LogP contribution in [-0.2, 0) is 6.54 Å². The van der Waals surface area contributed by atoms with Crippen molar-refractivity contribution in [2.45, 2.75) is 6.54 Å². The third-order valence-corrected chi connectivity index (χ3v) is 2.93. The van der Waals surface area contributed by atoms with E-state index in [9.17, 15) is 0 Å². The van der Waals surface area contributed by atoms with Crippen LogP contribution in [0.3, 0.4) is 0 Å². The van der Waals surface area contributed by atoms with Crippen LogP contribution in [-0.4, -0.2) is 20.2 Å². The SMILES string of the molecule is COc1ccc(NC(N)=NCc2cccc(OC)c2)cc1.I. The number of ether oxygens (including phenoxy) is 2. The standard InChI is InChI=1S/C16H19N3O2.HI/c1-20-14-8-6-13(7-9-14)19-16(17)18-11-12-4-3-5-15(10-12)21-2;/h3-10H,11H2,1-2H3,(H3,17,18,19);1H. The smallest absolute Gasteiger partial charge is 0.193 e. The van der Waals surface area contributed by atoms with Gasteiger partial charge in [-0.1, -0.05) is 12.1 Å². The van der Waals surface area contributed by atoms with Gasteiger partial charge in [0.2, 0.25) is 0 Å². The van der Waals surface area contributed by atoms with E-state index in [0.29, 0.717) is 12.5 Å². The molecule has 2 rings (SSSR count). The molecule has 0 aliphatic rings. The highest BCUT2D eigenvalue weighted by atomic mass is 127. The number of guanidine groups is 1. The molecule has 0 unspecified atom stereocenters. The molecule has 0 saturated heterocycles. The van der Waals surface area contributed by atoms with Gasteiger partial charge in [-0.05, 0) is 42.0 Å². The number of hydrogen-bond donors (Lipinski definition) is 2. The number of hydrogen-bond acceptors (Lipinski definition) is 3. The van der Waals surface area contributed by atoms with E-state index in [4.69, 9.17) is 15.2 Å². The average Bonchev–Trinajstić information content (AvgIpc) is 2.54. The normalized spacial score (nSPS) is 10.5. The number of halogens is 1. The summed E-state index contributed by atoms with van der Waals surface area (Å²) >= 11 is 0. The summed E-state index contributed by atoms with van der Waals surface area (Å²) in [4.78, 5) is 4.30. The Kier molecular flexibility index (Phi) is 7.51. The van der Waals surface area contributed by atoms with Crippen LogP contribution in [0.1, 0.15) is 5.56 Å². The number of anilines is 1. The van der Waals surface area contributed by atoms with Crippen LogP contribution >= 0.6 is 24.0 Å². The molecule has 0 spiro atoms. The first-order valence-corrected chi connectivity index (χ1v) is 6.55. The summed E-state index contributed by atoms with van der Waals surface area (Å²) in [5.74, 6) is 1.97. The second-order valence-electron chi connectivity index (χ2n) is 4.41. The first kappa shape index (κ1) is 18.1. The van der Waals surface area contributed by atoms with E-state index in [0.717, 1.165) is 22.7 Å². The summed E-state index contributed by atoms with van der Waals surface area (Å²) in [7, 11) is 3.27. The molecule has 22 heavy (non-hydrogen) atoms. The molecule has 0 radical (unpaired) electrons. The zero-order valence-electron chi connectivity index (χ0n) is 12.6. The van der Waals surface area contributed by atoms with E-state index in [1.54, 1.807) is 14.2 Å². The molecule has 3 N–H and O–H groups in total. The Morgan fingerprint density at radius 3 is 2.36 bits per heavy atom. The molecule has 0 atom stereocenters. The fourth-order valence-electron chi connectivity index (χ4n) is 1.81. The van der Waals surface area contributed by atoms with Crippen molar-refractivity contribution < 1.29 is 9.47 Å². The van der Waals surface area contributed by atoms with Crippen LogP contribution in [0.2, 0.25) is 0 Å². The minimum absolute atomic E-state index is 0. The first-order chi connectivity index (χ1) is 10.2. The van der Waals surface area contributed by atoms with Gasteiger partial charge in [0.25, 0.3) is 0 Å². The Morgan fingerprint density at radius 1 is 1.05 bits per heavy atom. The number of methoxy groups -OCH3 is 2. The van der Waals surface area contributed by atoms with Crippen molar-refractivity contribution >= 4 is 35.6 Å². The Labute approximate surface area is 147 Å². The van der Waals surface area contributed by atoms with Crippen LogP contribution in [0.15, 0.2) is 53.5 Å². The van der Waals surface area contributed by atoms with Gasteiger partial charge in [-0.25, -0.2) is 4.99 Å². The Balaban J connectivity index is 0.00000242. The minimum atomic E-state index is 0. The lowest BCUT2D eigenvalue weighted by molar-refractivity contribution is 0.414. The zero-order valence-corrected chi connectivity index (χ0v) is 14.9. The van der Waals surface area contributed by atoms with Crippen molar-refractivity contribution in [3.05, 3.63) is 54.1 Å². The molecule has 2 aromatic rings. The van der Waals surface area contributed by atoms with Gasteiger partial charge >= 0.3 is 0 Å². The van der Waals surface area contributed by atoms with Crippen molar-refractivity contribution in [1.82, 2.24) is 0 Å². The maximum Gasteiger partial charge on any atom is 0.193 e. The van der Waals surface area contributed by atoms with Gasteiger partial charge < -0.3 is 20.5 Å². The molecular weight excluding hydrogens is 393 g/mol. The van der Waals surface area contributed by atoms with Crippen molar-refractivity contribution in [2.75, 3.05) is 19.5 Å². The molecule has 2 aromatic carbocycles. The molecule has 0 aliphatic heterocycles. The van der Waals surface area contributed by atoms with Crippen LogP contribution in [0.4, 0.5) is 5.69 Å². The fourth-order valence-corrected chi connectivity index (χ4v) is 1.81. The van der Waals surface area contributed by atoms with E-state index in [2.05, 4.69) is 10.3 Å². The lowest BCUT2D eigenvalue weighted by Gasteiger charge is -2.07. The van der Waals surface area contributed by atoms with E-state index in [1.807, 2.05) is 48.5 Å². The molecule has 118 valence electrons. The summed E-state index contributed by atoms with van der Waals surface area (Å²) < 4.78 is 10.3. The number of nitrogens with zero attached hydrogens (tertiary/aromatic N) is 1. The van der Waals surface area contributed by atoms with Crippen LogP contribution < -0.4 is 20.5 Å². The molecule has 6 heteroatoms. The summed E-state index contributed by atoms with van der Waals surface area (Å²) in [5, 5.41) is 3.03.